The van der Waals surface area contributed by atoms with E-state index >= 15 is 0 Å². The molecule has 0 spiro atoms. The van der Waals surface area contributed by atoms with Crippen LogP contribution in [-0.4, -0.2) is 27.0 Å². The van der Waals surface area contributed by atoms with Crippen molar-refractivity contribution in [3.8, 4) is 0 Å². The molecule has 0 aromatic heterocycles. The third-order valence-electron chi connectivity index (χ3n) is 4.44. The Morgan fingerprint density at radius 2 is 1.46 bits per heavy atom. The molecule has 2 aromatic rings. The molecule has 1 aliphatic carbocycles. The molecule has 0 radical (unpaired) electrons. The van der Waals surface area contributed by atoms with Gasteiger partial charge in [-0.2, -0.15) is 0 Å². The van der Waals surface area contributed by atoms with Gasteiger partial charge in [0.05, 0.1) is 0 Å². The number of benzene rings is 2. The van der Waals surface area contributed by atoms with Crippen LogP contribution in [0.1, 0.15) is 48.9 Å². The Kier molecular flexibility index (Phi) is 6.51. The molecular formula is C21H24O2Se. The Morgan fingerprint density at radius 1 is 0.833 bits per heavy atom. The number of esters is 1. The zero-order chi connectivity index (χ0) is 16.6. The summed E-state index contributed by atoms with van der Waals surface area (Å²) in [5, 5.41) is 0. The maximum atomic E-state index is 12.5. The first-order chi connectivity index (χ1) is 11.8. The van der Waals surface area contributed by atoms with Gasteiger partial charge in [0.2, 0.25) is 0 Å². The topological polar surface area (TPSA) is 26.3 Å². The molecule has 24 heavy (non-hydrogen) atoms. The van der Waals surface area contributed by atoms with Crippen LogP contribution >= 0.6 is 0 Å². The fourth-order valence-corrected chi connectivity index (χ4v) is 5.85. The van der Waals surface area contributed by atoms with Gasteiger partial charge in [0, 0.05) is 0 Å². The second-order valence-corrected chi connectivity index (χ2v) is 9.02. The second-order valence-electron chi connectivity index (χ2n) is 6.27. The summed E-state index contributed by atoms with van der Waals surface area (Å²) >= 11 is 0.347. The molecule has 1 fully saturated rings. The fraction of sp³-hybridized carbons (Fsp3) is 0.381. The summed E-state index contributed by atoms with van der Waals surface area (Å²) in [7, 11) is 0. The monoisotopic (exact) mass is 388 g/mol. The summed E-state index contributed by atoms with van der Waals surface area (Å²) in [5.41, 5.74) is 0.658. The van der Waals surface area contributed by atoms with E-state index < -0.39 is 0 Å². The minimum absolute atomic E-state index is 0.0539. The Balaban J connectivity index is 1.71. The summed E-state index contributed by atoms with van der Waals surface area (Å²) in [6.07, 6.45) is 7.19. The number of hydrogen-bond acceptors (Lipinski definition) is 2. The van der Waals surface area contributed by atoms with E-state index in [0.29, 0.717) is 25.3 Å². The molecule has 2 atom stereocenters. The molecule has 2 nitrogen and oxygen atoms in total. The predicted octanol–water partition coefficient (Wildman–Crippen LogP) is 4.38. The summed E-state index contributed by atoms with van der Waals surface area (Å²) in [6, 6.07) is 20.0. The molecule has 3 heteroatoms. The SMILES string of the molecule is O=C(O[C@@H]1CCCCCC[C@H]1[Se]c1ccccc1)c1ccccc1. The van der Waals surface area contributed by atoms with Crippen LogP contribution < -0.4 is 4.46 Å². The molecule has 0 saturated heterocycles. The van der Waals surface area contributed by atoms with Crippen LogP contribution in [0.3, 0.4) is 0 Å². The van der Waals surface area contributed by atoms with Crippen molar-refractivity contribution in [2.24, 2.45) is 0 Å². The maximum absolute atomic E-state index is 12.5. The first-order valence-electron chi connectivity index (χ1n) is 8.80. The van der Waals surface area contributed by atoms with Gasteiger partial charge < -0.3 is 0 Å². The Morgan fingerprint density at radius 3 is 2.17 bits per heavy atom. The molecule has 0 bridgehead atoms. The van der Waals surface area contributed by atoms with Crippen LogP contribution in [0.2, 0.25) is 4.82 Å². The number of hydrogen-bond donors (Lipinski definition) is 0. The standard InChI is InChI=1S/C21H24O2Se/c22-21(17-11-5-3-6-12-17)23-19-15-9-1-2-10-16-20(19)24-18-13-7-4-8-14-18/h3-8,11-14,19-20H,1-2,9-10,15-16H2/t19-,20-/m1/s1. The van der Waals surface area contributed by atoms with Crippen molar-refractivity contribution < 1.29 is 9.53 Å². The van der Waals surface area contributed by atoms with Crippen LogP contribution in [0.4, 0.5) is 0 Å². The van der Waals surface area contributed by atoms with Crippen molar-refractivity contribution in [1.29, 1.82) is 0 Å². The molecular weight excluding hydrogens is 363 g/mol. The van der Waals surface area contributed by atoms with Crippen LogP contribution in [0.15, 0.2) is 60.7 Å². The van der Waals surface area contributed by atoms with E-state index in [-0.39, 0.29) is 12.1 Å². The molecule has 126 valence electrons. The molecule has 1 saturated carbocycles. The average molecular weight is 387 g/mol. The number of carbonyl (C=O) groups excluding carboxylic acids is 1. The second kappa shape index (κ2) is 9.05. The molecule has 1 aliphatic rings. The van der Waals surface area contributed by atoms with E-state index in [1.54, 1.807) is 0 Å². The van der Waals surface area contributed by atoms with E-state index in [4.69, 9.17) is 4.74 Å². The van der Waals surface area contributed by atoms with Crippen LogP contribution in [-0.2, 0) is 4.74 Å². The van der Waals surface area contributed by atoms with Crippen LogP contribution in [0.25, 0.3) is 0 Å². The van der Waals surface area contributed by atoms with E-state index in [1.165, 1.54) is 30.1 Å². The molecule has 0 aliphatic heterocycles. The summed E-state index contributed by atoms with van der Waals surface area (Å²) < 4.78 is 7.37. The summed E-state index contributed by atoms with van der Waals surface area (Å²) in [5.74, 6) is -0.171. The van der Waals surface area contributed by atoms with Gasteiger partial charge in [-0.1, -0.05) is 0 Å². The number of carbonyl (C=O) groups is 1. The molecule has 0 unspecified atom stereocenters. The van der Waals surface area contributed by atoms with Gasteiger partial charge in [0.1, 0.15) is 0 Å². The number of ether oxygens (including phenoxy) is 1. The van der Waals surface area contributed by atoms with E-state index in [9.17, 15) is 4.79 Å². The van der Waals surface area contributed by atoms with Crippen molar-refractivity contribution in [3.63, 3.8) is 0 Å². The average Bonchev–Trinajstić information content (AvgIpc) is 2.62. The molecule has 2 aromatic carbocycles. The van der Waals surface area contributed by atoms with Gasteiger partial charge in [-0.3, -0.25) is 0 Å². The first-order valence-corrected chi connectivity index (χ1v) is 10.7. The Labute approximate surface area is 150 Å². The molecule has 0 heterocycles. The van der Waals surface area contributed by atoms with E-state index in [0.717, 1.165) is 12.8 Å². The van der Waals surface area contributed by atoms with Crippen molar-refractivity contribution in [2.45, 2.75) is 49.4 Å². The van der Waals surface area contributed by atoms with E-state index in [2.05, 4.69) is 30.3 Å². The molecule has 0 N–H and O–H groups in total. The number of rotatable bonds is 4. The van der Waals surface area contributed by atoms with Gasteiger partial charge in [-0.25, -0.2) is 0 Å². The van der Waals surface area contributed by atoms with Crippen LogP contribution in [0.5, 0.6) is 0 Å². The third kappa shape index (κ3) is 4.96. The quantitative estimate of drug-likeness (QED) is 0.575. The molecule has 3 rings (SSSR count). The van der Waals surface area contributed by atoms with Gasteiger partial charge >= 0.3 is 151 Å². The Hall–Kier alpha value is -1.57. The predicted molar refractivity (Wildman–Crippen MR) is 98.9 cm³/mol. The normalized spacial score (nSPS) is 21.5. The summed E-state index contributed by atoms with van der Waals surface area (Å²) in [6.45, 7) is 0. The molecule has 0 amide bonds. The van der Waals surface area contributed by atoms with Crippen molar-refractivity contribution in [3.05, 3.63) is 66.2 Å². The zero-order valence-corrected chi connectivity index (χ0v) is 15.6. The van der Waals surface area contributed by atoms with Gasteiger partial charge in [0.15, 0.2) is 0 Å². The third-order valence-corrected chi connectivity index (χ3v) is 7.35. The van der Waals surface area contributed by atoms with Gasteiger partial charge in [0.25, 0.3) is 0 Å². The van der Waals surface area contributed by atoms with Gasteiger partial charge in [-0.15, -0.1) is 0 Å². The van der Waals surface area contributed by atoms with Crippen LogP contribution in [0, 0.1) is 0 Å². The van der Waals surface area contributed by atoms with Crippen molar-refractivity contribution in [1.82, 2.24) is 0 Å². The van der Waals surface area contributed by atoms with Crippen molar-refractivity contribution in [2.75, 3.05) is 0 Å². The van der Waals surface area contributed by atoms with Crippen molar-refractivity contribution >= 4 is 25.4 Å². The summed E-state index contributed by atoms with van der Waals surface area (Å²) in [4.78, 5) is 13.0. The minimum atomic E-state index is -0.171. The Bertz CT molecular complexity index is 627. The first kappa shape index (κ1) is 17.3. The zero-order valence-electron chi connectivity index (χ0n) is 13.9. The van der Waals surface area contributed by atoms with E-state index in [1.807, 2.05) is 30.3 Å². The fourth-order valence-electron chi connectivity index (χ4n) is 3.14. The van der Waals surface area contributed by atoms with Gasteiger partial charge in [-0.05, 0) is 0 Å².